The van der Waals surface area contributed by atoms with Crippen LogP contribution in [-0.2, 0) is 15.6 Å². The van der Waals surface area contributed by atoms with Gasteiger partial charge in [-0.3, -0.25) is 0 Å². The average Bonchev–Trinajstić information content (AvgIpc) is 2.84. The van der Waals surface area contributed by atoms with Crippen LogP contribution in [0, 0.1) is 0 Å². The number of aryl methyl sites for hydroxylation is 1. The standard InChI is InChI=1S/C26H15O10P/c27-23(28)14-4-1-11-12-2-5-16(25(31)32)21-17(26(33)34)9-10(7-8-37(35)36)18(22(12)21)13-3-6-15(24(29)30)20(14)19(11)13/h1-6,9H,7-8H2,(H,27,28)(H,29,30)(H,31,32)(H,33,34). The lowest BCUT2D eigenvalue weighted by Crippen LogP contribution is -2.08. The molecule has 0 bridgehead atoms. The van der Waals surface area contributed by atoms with Crippen molar-refractivity contribution in [2.45, 2.75) is 6.42 Å². The van der Waals surface area contributed by atoms with Crippen molar-refractivity contribution in [3.8, 4) is 0 Å². The molecule has 0 saturated heterocycles. The Kier molecular flexibility index (Phi) is 5.42. The van der Waals surface area contributed by atoms with E-state index >= 15 is 0 Å². The normalized spacial score (nSPS) is 11.5. The minimum atomic E-state index is -2.84. The van der Waals surface area contributed by atoms with Crippen LogP contribution in [0.4, 0.5) is 0 Å². The molecule has 0 fully saturated rings. The third-order valence-corrected chi connectivity index (χ3v) is 7.16. The summed E-state index contributed by atoms with van der Waals surface area (Å²) in [6.45, 7) is 0. The lowest BCUT2D eigenvalue weighted by Gasteiger charge is -2.20. The van der Waals surface area contributed by atoms with Crippen LogP contribution < -0.4 is 0 Å². The second-order valence-corrected chi connectivity index (χ2v) is 9.58. The largest absolute Gasteiger partial charge is 0.478 e. The summed E-state index contributed by atoms with van der Waals surface area (Å²) in [6, 6.07) is 9.35. The van der Waals surface area contributed by atoms with Crippen LogP contribution in [0.3, 0.4) is 0 Å². The molecule has 0 saturated carbocycles. The number of aromatic carboxylic acids is 4. The van der Waals surface area contributed by atoms with Gasteiger partial charge in [0.25, 0.3) is 0 Å². The summed E-state index contributed by atoms with van der Waals surface area (Å²) >= 11 is 0. The molecule has 0 amide bonds. The monoisotopic (exact) mass is 518 g/mol. The highest BCUT2D eigenvalue weighted by Crippen LogP contribution is 2.45. The lowest BCUT2D eigenvalue weighted by molar-refractivity contribution is 0.0681. The fraction of sp³-hybridized carbons (Fsp3) is 0.0769. The fourth-order valence-corrected chi connectivity index (χ4v) is 5.62. The highest BCUT2D eigenvalue weighted by Gasteiger charge is 2.27. The molecular weight excluding hydrogens is 503 g/mol. The van der Waals surface area contributed by atoms with Gasteiger partial charge in [0.1, 0.15) is 0 Å². The number of hydrogen-bond donors (Lipinski definition) is 4. The fourth-order valence-electron chi connectivity index (χ4n) is 5.19. The second-order valence-electron chi connectivity index (χ2n) is 8.47. The van der Waals surface area contributed by atoms with Crippen molar-refractivity contribution in [1.29, 1.82) is 0 Å². The summed E-state index contributed by atoms with van der Waals surface area (Å²) in [5.74, 6) is -5.48. The molecule has 0 aromatic heterocycles. The quantitative estimate of drug-likeness (QED) is 0.126. The zero-order valence-electron chi connectivity index (χ0n) is 18.6. The van der Waals surface area contributed by atoms with Crippen LogP contribution in [0.15, 0.2) is 42.5 Å². The van der Waals surface area contributed by atoms with Gasteiger partial charge in [0, 0.05) is 10.8 Å². The van der Waals surface area contributed by atoms with Crippen molar-refractivity contribution in [2.24, 2.45) is 0 Å². The number of rotatable bonds is 7. The van der Waals surface area contributed by atoms with E-state index in [1.54, 1.807) is 0 Å². The Morgan fingerprint density at radius 3 is 1.43 bits per heavy atom. The van der Waals surface area contributed by atoms with Crippen LogP contribution in [0.2, 0.25) is 0 Å². The maximum atomic E-state index is 12.2. The summed E-state index contributed by atoms with van der Waals surface area (Å²) in [6.07, 6.45) is -0.420. The first-order valence-corrected chi connectivity index (χ1v) is 12.2. The molecule has 5 rings (SSSR count). The predicted octanol–water partition coefficient (Wildman–Crippen LogP) is 5.25. The minimum absolute atomic E-state index is 0.0423. The molecule has 37 heavy (non-hydrogen) atoms. The van der Waals surface area contributed by atoms with Crippen molar-refractivity contribution in [3.05, 3.63) is 70.3 Å². The molecule has 0 aliphatic heterocycles. The number of carbonyl (C=O) groups is 4. The first kappa shape index (κ1) is 23.9. The molecule has 5 aromatic carbocycles. The van der Waals surface area contributed by atoms with Gasteiger partial charge in [0.2, 0.25) is 0 Å². The molecule has 11 heteroatoms. The second kappa shape index (κ2) is 8.39. The number of hydrogen-bond acceptors (Lipinski definition) is 6. The summed E-state index contributed by atoms with van der Waals surface area (Å²) in [5.41, 5.74) is -0.818. The summed E-state index contributed by atoms with van der Waals surface area (Å²) in [4.78, 5) is 48.4. The van der Waals surface area contributed by atoms with Gasteiger partial charge in [-0.15, -0.1) is 0 Å². The van der Waals surface area contributed by atoms with Crippen molar-refractivity contribution in [1.82, 2.24) is 0 Å². The van der Waals surface area contributed by atoms with Gasteiger partial charge in [-0.2, -0.15) is 0 Å². The van der Waals surface area contributed by atoms with E-state index in [0.29, 0.717) is 27.1 Å². The molecule has 0 aliphatic rings. The van der Waals surface area contributed by atoms with Crippen LogP contribution in [0.5, 0.6) is 0 Å². The topological polar surface area (TPSA) is 183 Å². The van der Waals surface area contributed by atoms with Gasteiger partial charge in [0.05, 0.1) is 28.4 Å². The summed E-state index contributed by atoms with van der Waals surface area (Å²) in [5, 5.41) is 41.3. The zero-order valence-corrected chi connectivity index (χ0v) is 19.5. The van der Waals surface area contributed by atoms with E-state index in [2.05, 4.69) is 0 Å². The highest BCUT2D eigenvalue weighted by molar-refractivity contribution is 7.30. The van der Waals surface area contributed by atoms with Crippen molar-refractivity contribution in [3.63, 3.8) is 0 Å². The van der Waals surface area contributed by atoms with E-state index < -0.39 is 31.6 Å². The molecule has 4 N–H and O–H groups in total. The smallest absolute Gasteiger partial charge is 0.336 e. The number of carboxylic acids is 4. The van der Waals surface area contributed by atoms with Gasteiger partial charge < -0.3 is 20.4 Å². The molecule has 0 unspecified atom stereocenters. The number of fused-ring (bicyclic) bond motifs is 2. The average molecular weight is 518 g/mol. The van der Waals surface area contributed by atoms with E-state index in [1.165, 1.54) is 42.5 Å². The Morgan fingerprint density at radius 2 is 0.973 bits per heavy atom. The van der Waals surface area contributed by atoms with Crippen molar-refractivity contribution in [2.75, 3.05) is 6.16 Å². The highest BCUT2D eigenvalue weighted by atomic mass is 31.1. The van der Waals surface area contributed by atoms with Crippen LogP contribution >= 0.6 is 7.68 Å². The molecule has 0 radical (unpaired) electrons. The molecule has 0 aliphatic carbocycles. The molecule has 0 spiro atoms. The molecular formula is C26H15O10P. The molecule has 0 atom stereocenters. The number of carboxylic acid groups (broad SMARTS) is 4. The van der Waals surface area contributed by atoms with Crippen LogP contribution in [0.25, 0.3) is 43.1 Å². The Bertz CT molecular complexity index is 1910. The van der Waals surface area contributed by atoms with Crippen LogP contribution in [0.1, 0.15) is 47.0 Å². The van der Waals surface area contributed by atoms with Gasteiger partial charge >= 0.3 is 31.6 Å². The molecule has 5 aromatic rings. The van der Waals surface area contributed by atoms with E-state index in [1.807, 2.05) is 0 Å². The van der Waals surface area contributed by atoms with Gasteiger partial charge in [-0.05, 0) is 68.6 Å². The van der Waals surface area contributed by atoms with Gasteiger partial charge in [-0.1, -0.05) is 18.2 Å². The zero-order chi connectivity index (χ0) is 26.8. The first-order chi connectivity index (χ1) is 17.5. The summed E-state index contributed by atoms with van der Waals surface area (Å²) in [7, 11) is -2.84. The lowest BCUT2D eigenvalue weighted by atomic mass is 9.82. The third-order valence-electron chi connectivity index (χ3n) is 6.57. The molecule has 10 nitrogen and oxygen atoms in total. The van der Waals surface area contributed by atoms with E-state index in [0.717, 1.165) is 0 Å². The summed E-state index contributed by atoms with van der Waals surface area (Å²) < 4.78 is 22.8. The molecule has 184 valence electrons. The maximum absolute atomic E-state index is 12.2. The Morgan fingerprint density at radius 1 is 0.541 bits per heavy atom. The molecule has 0 heterocycles. The van der Waals surface area contributed by atoms with Crippen LogP contribution in [-0.4, -0.2) is 50.5 Å². The van der Waals surface area contributed by atoms with Crippen molar-refractivity contribution < 1.29 is 48.7 Å². The maximum Gasteiger partial charge on any atom is 0.336 e. The van der Waals surface area contributed by atoms with E-state index in [-0.39, 0.29) is 56.4 Å². The SMILES string of the molecule is O=C(O)c1ccc2c3ccc(C(=O)O)c4c(C(=O)O)cc(CCP(=O)=O)c(c5ccc(C(=O)O)c1c25)c43. The minimum Gasteiger partial charge on any atom is -0.478 e. The van der Waals surface area contributed by atoms with Crippen molar-refractivity contribution >= 4 is 74.6 Å². The first-order valence-electron chi connectivity index (χ1n) is 10.8. The van der Waals surface area contributed by atoms with Gasteiger partial charge in [0.15, 0.2) is 0 Å². The number of benzene rings is 5. The Hall–Kier alpha value is -4.82. The van der Waals surface area contributed by atoms with E-state index in [9.17, 15) is 48.7 Å². The third kappa shape index (κ3) is 3.49. The van der Waals surface area contributed by atoms with E-state index in [4.69, 9.17) is 0 Å². The Balaban J connectivity index is 2.17. The predicted molar refractivity (Wildman–Crippen MR) is 132 cm³/mol. The Labute approximate surface area is 206 Å². The van der Waals surface area contributed by atoms with Gasteiger partial charge in [-0.25, -0.2) is 28.3 Å².